The van der Waals surface area contributed by atoms with E-state index >= 15 is 0 Å². The van der Waals surface area contributed by atoms with Crippen LogP contribution in [0.15, 0.2) is 18.2 Å². The number of fused-ring (bicyclic) bond motifs is 1. The van der Waals surface area contributed by atoms with Gasteiger partial charge in [-0.05, 0) is 50.3 Å². The largest absolute Gasteiger partial charge is 0.507 e. The van der Waals surface area contributed by atoms with Gasteiger partial charge < -0.3 is 19.9 Å². The van der Waals surface area contributed by atoms with Crippen LogP contribution >= 0.6 is 11.3 Å². The average molecular weight is 414 g/mol. The number of amides is 1. The van der Waals surface area contributed by atoms with Crippen molar-refractivity contribution in [1.29, 1.82) is 5.26 Å². The molecule has 1 atom stereocenters. The lowest BCUT2D eigenvalue weighted by molar-refractivity contribution is -0.123. The molecule has 0 aliphatic heterocycles. The Morgan fingerprint density at radius 2 is 2.03 bits per heavy atom. The number of aromatic hydroxyl groups is 1. The van der Waals surface area contributed by atoms with Crippen molar-refractivity contribution in [2.45, 2.75) is 45.1 Å². The molecule has 1 aliphatic rings. The van der Waals surface area contributed by atoms with Gasteiger partial charge >= 0.3 is 5.97 Å². The summed E-state index contributed by atoms with van der Waals surface area (Å²) >= 11 is 1.42. The Morgan fingerprint density at radius 1 is 1.28 bits per heavy atom. The second-order valence-corrected chi connectivity index (χ2v) is 7.91. The average Bonchev–Trinajstić information content (AvgIpc) is 2.86. The number of carbonyl (C=O) groups excluding carboxylic acids is 2. The van der Waals surface area contributed by atoms with Crippen LogP contribution in [0, 0.1) is 11.3 Å². The van der Waals surface area contributed by atoms with Gasteiger partial charge in [-0.2, -0.15) is 5.26 Å². The Labute approximate surface area is 172 Å². The summed E-state index contributed by atoms with van der Waals surface area (Å²) in [5, 5.41) is 22.7. The summed E-state index contributed by atoms with van der Waals surface area (Å²) in [4.78, 5) is 26.0. The highest BCUT2D eigenvalue weighted by molar-refractivity contribution is 7.16. The first-order valence-corrected chi connectivity index (χ1v) is 10.2. The van der Waals surface area contributed by atoms with Crippen molar-refractivity contribution in [2.24, 2.45) is 0 Å². The first-order valence-electron chi connectivity index (χ1n) is 9.38. The zero-order valence-electron chi connectivity index (χ0n) is 16.3. The maximum absolute atomic E-state index is 12.5. The molecule has 0 saturated carbocycles. The molecule has 29 heavy (non-hydrogen) atoms. The molecule has 1 aromatic heterocycles. The van der Waals surface area contributed by atoms with Gasteiger partial charge in [0.2, 0.25) is 0 Å². The fraction of sp³-hybridized carbons (Fsp3) is 0.381. The number of carbonyl (C=O) groups is 2. The highest BCUT2D eigenvalue weighted by Crippen LogP contribution is 2.37. The fourth-order valence-corrected chi connectivity index (χ4v) is 4.49. The second-order valence-electron chi connectivity index (χ2n) is 6.80. The Bertz CT molecular complexity index is 976. The van der Waals surface area contributed by atoms with E-state index in [1.54, 1.807) is 0 Å². The Morgan fingerprint density at radius 3 is 2.72 bits per heavy atom. The third-order valence-electron chi connectivity index (χ3n) is 4.85. The smallest absolute Gasteiger partial charge is 0.342 e. The van der Waals surface area contributed by atoms with E-state index in [0.717, 1.165) is 42.5 Å². The molecule has 1 aromatic carbocycles. The number of nitriles is 1. The van der Waals surface area contributed by atoms with Crippen molar-refractivity contribution >= 4 is 28.2 Å². The predicted octanol–water partition coefficient (Wildman–Crippen LogP) is 3.79. The van der Waals surface area contributed by atoms with Crippen LogP contribution in [0.25, 0.3) is 0 Å². The van der Waals surface area contributed by atoms with Crippen LogP contribution in [0.2, 0.25) is 0 Å². The maximum atomic E-state index is 12.5. The van der Waals surface area contributed by atoms with E-state index in [4.69, 9.17) is 9.47 Å². The van der Waals surface area contributed by atoms with E-state index in [9.17, 15) is 20.0 Å². The molecule has 2 aromatic rings. The highest BCUT2D eigenvalue weighted by Gasteiger charge is 2.25. The lowest BCUT2D eigenvalue weighted by Crippen LogP contribution is -2.30. The van der Waals surface area contributed by atoms with Crippen molar-refractivity contribution in [2.75, 3.05) is 12.4 Å². The molecular formula is C21H22N2O5S. The molecule has 0 saturated heterocycles. The molecule has 7 nitrogen and oxygen atoms in total. The number of hydrogen-bond acceptors (Lipinski definition) is 7. The Balaban J connectivity index is 1.70. The van der Waals surface area contributed by atoms with Crippen molar-refractivity contribution < 1.29 is 24.2 Å². The molecule has 3 rings (SSSR count). The zero-order valence-corrected chi connectivity index (χ0v) is 17.1. The van der Waals surface area contributed by atoms with Gasteiger partial charge in [0.15, 0.2) is 6.10 Å². The first kappa shape index (κ1) is 20.7. The normalized spacial score (nSPS) is 14.1. The number of aryl methyl sites for hydroxylation is 1. The molecule has 0 fully saturated rings. The number of anilines is 1. The van der Waals surface area contributed by atoms with Gasteiger partial charge in [-0.3, -0.25) is 4.79 Å². The van der Waals surface area contributed by atoms with Gasteiger partial charge in [0.05, 0.1) is 12.7 Å². The van der Waals surface area contributed by atoms with Gasteiger partial charge in [-0.15, -0.1) is 11.3 Å². The topological polar surface area (TPSA) is 109 Å². The summed E-state index contributed by atoms with van der Waals surface area (Å²) in [6.45, 7) is 1.44. The van der Waals surface area contributed by atoms with Crippen LogP contribution in [0.3, 0.4) is 0 Å². The first-order chi connectivity index (χ1) is 13.9. The minimum absolute atomic E-state index is 0.0639. The van der Waals surface area contributed by atoms with E-state index in [0.29, 0.717) is 16.3 Å². The molecular weight excluding hydrogens is 392 g/mol. The van der Waals surface area contributed by atoms with E-state index in [2.05, 4.69) is 11.4 Å². The fourth-order valence-electron chi connectivity index (χ4n) is 3.25. The van der Waals surface area contributed by atoms with Gasteiger partial charge in [0, 0.05) is 10.9 Å². The number of ether oxygens (including phenoxy) is 2. The summed E-state index contributed by atoms with van der Waals surface area (Å²) in [6.07, 6.45) is 3.89. The van der Waals surface area contributed by atoms with Crippen LogP contribution in [-0.2, 0) is 22.4 Å². The number of esters is 1. The van der Waals surface area contributed by atoms with Crippen LogP contribution in [0.4, 0.5) is 5.00 Å². The number of phenolic OH excluding ortho intramolecular Hbond substituents is 1. The SMILES string of the molecule is COc1ccc(C(=O)O[C@H](C)C(=O)Nc2sc3c(c2C#N)CCCCC3)c(O)c1. The molecule has 1 heterocycles. The maximum Gasteiger partial charge on any atom is 0.342 e. The third kappa shape index (κ3) is 4.51. The van der Waals surface area contributed by atoms with Gasteiger partial charge in [-0.1, -0.05) is 6.42 Å². The predicted molar refractivity (Wildman–Crippen MR) is 108 cm³/mol. The van der Waals surface area contributed by atoms with Crippen LogP contribution in [-0.4, -0.2) is 30.2 Å². The van der Waals surface area contributed by atoms with E-state index < -0.39 is 18.0 Å². The summed E-state index contributed by atoms with van der Waals surface area (Å²) < 4.78 is 10.2. The van der Waals surface area contributed by atoms with Crippen LogP contribution in [0.5, 0.6) is 11.5 Å². The molecule has 0 unspecified atom stereocenters. The van der Waals surface area contributed by atoms with Crippen molar-refractivity contribution in [3.8, 4) is 17.6 Å². The highest BCUT2D eigenvalue weighted by atomic mass is 32.1. The van der Waals surface area contributed by atoms with E-state index in [1.807, 2.05) is 0 Å². The second kappa shape index (κ2) is 8.97. The zero-order chi connectivity index (χ0) is 21.0. The molecule has 0 radical (unpaired) electrons. The van der Waals surface area contributed by atoms with Crippen molar-refractivity contribution in [3.63, 3.8) is 0 Å². The molecule has 1 aliphatic carbocycles. The number of thiophene rings is 1. The lowest BCUT2D eigenvalue weighted by atomic mass is 10.1. The molecule has 1 amide bonds. The minimum Gasteiger partial charge on any atom is -0.507 e. The van der Waals surface area contributed by atoms with Gasteiger partial charge in [0.25, 0.3) is 5.91 Å². The van der Waals surface area contributed by atoms with Gasteiger partial charge in [0.1, 0.15) is 28.1 Å². The number of rotatable bonds is 5. The molecule has 8 heteroatoms. The van der Waals surface area contributed by atoms with Crippen molar-refractivity contribution in [1.82, 2.24) is 0 Å². The number of hydrogen-bond donors (Lipinski definition) is 2. The Hall–Kier alpha value is -3.05. The van der Waals surface area contributed by atoms with Gasteiger partial charge in [-0.25, -0.2) is 4.79 Å². The quantitative estimate of drug-likeness (QED) is 0.569. The van der Waals surface area contributed by atoms with Crippen LogP contribution < -0.4 is 10.1 Å². The molecule has 2 N–H and O–H groups in total. The number of methoxy groups -OCH3 is 1. The molecule has 0 spiro atoms. The summed E-state index contributed by atoms with van der Waals surface area (Å²) in [5.74, 6) is -1.25. The van der Waals surface area contributed by atoms with E-state index in [1.165, 1.54) is 43.6 Å². The standard InChI is InChI=1S/C21H22N2O5S/c1-12(28-21(26)15-9-8-13(27-2)10-17(15)24)19(25)23-20-16(11-22)14-6-4-3-5-7-18(14)29-20/h8-10,12,24H,3-7H2,1-2H3,(H,23,25)/t12-/m1/s1. The summed E-state index contributed by atoms with van der Waals surface area (Å²) in [7, 11) is 1.44. The molecule has 0 bridgehead atoms. The third-order valence-corrected chi connectivity index (χ3v) is 6.05. The Kier molecular flexibility index (Phi) is 6.39. The van der Waals surface area contributed by atoms with Crippen LogP contribution in [0.1, 0.15) is 52.5 Å². The number of nitrogens with zero attached hydrogens (tertiary/aromatic N) is 1. The summed E-state index contributed by atoms with van der Waals surface area (Å²) in [6, 6.07) is 6.37. The lowest BCUT2D eigenvalue weighted by Gasteiger charge is -2.14. The number of nitrogens with one attached hydrogen (secondary N) is 1. The van der Waals surface area contributed by atoms with Crippen molar-refractivity contribution in [3.05, 3.63) is 39.8 Å². The monoisotopic (exact) mass is 414 g/mol. The minimum atomic E-state index is -1.10. The summed E-state index contributed by atoms with van der Waals surface area (Å²) in [5.41, 5.74) is 1.47. The molecule has 152 valence electrons. The van der Waals surface area contributed by atoms with E-state index in [-0.39, 0.29) is 11.3 Å². The number of benzene rings is 1. The number of phenols is 1.